The Kier molecular flexibility index (Phi) is 5.46. The van der Waals surface area contributed by atoms with Crippen LogP contribution in [0.1, 0.15) is 18.4 Å². The van der Waals surface area contributed by atoms with E-state index in [1.807, 2.05) is 30.3 Å². The zero-order valence-corrected chi connectivity index (χ0v) is 9.30. The van der Waals surface area contributed by atoms with Crippen LogP contribution in [0.5, 0.6) is 0 Å². The maximum atomic E-state index is 11.6. The molecule has 0 aliphatic heterocycles. The van der Waals surface area contributed by atoms with Gasteiger partial charge in [0.15, 0.2) is 5.78 Å². The normalized spacial score (nSPS) is 12.9. The highest BCUT2D eigenvalue weighted by Crippen LogP contribution is 2.02. The summed E-state index contributed by atoms with van der Waals surface area (Å²) in [7, 11) is 0. The molecule has 0 saturated carbocycles. The molecule has 1 atom stereocenters. The number of carbonyl (C=O) groups is 1. The van der Waals surface area contributed by atoms with Crippen molar-refractivity contribution >= 4 is 11.9 Å². The highest BCUT2D eigenvalue weighted by molar-refractivity contribution is 5.97. The topological polar surface area (TPSA) is 69.1 Å². The smallest absolute Gasteiger partial charge is 0.172 e. The van der Waals surface area contributed by atoms with Crippen LogP contribution in [0, 0.1) is 0 Å². The lowest BCUT2D eigenvalue weighted by Crippen LogP contribution is -2.29. The summed E-state index contributed by atoms with van der Waals surface area (Å²) in [5.74, 6) is -0.0442. The van der Waals surface area contributed by atoms with Crippen LogP contribution in [0.2, 0.25) is 0 Å². The summed E-state index contributed by atoms with van der Waals surface area (Å²) >= 11 is 0. The fourth-order valence-corrected chi connectivity index (χ4v) is 1.35. The van der Waals surface area contributed by atoms with Gasteiger partial charge in [0.1, 0.15) is 0 Å². The minimum atomic E-state index is -0.427. The standard InChI is InChI=1S/C13H18N2O/c14-10-4-7-12(15)13(16)9-8-11-5-2-1-3-6-11/h1-3,5-6,8-9,12H,4,7,10,14-15H2/b9-8+. The van der Waals surface area contributed by atoms with Crippen LogP contribution in [0.25, 0.3) is 6.08 Å². The largest absolute Gasteiger partial charge is 0.330 e. The van der Waals surface area contributed by atoms with Gasteiger partial charge < -0.3 is 11.5 Å². The van der Waals surface area contributed by atoms with Crippen LogP contribution < -0.4 is 11.5 Å². The molecule has 0 aliphatic rings. The molecule has 0 amide bonds. The molecule has 1 aromatic carbocycles. The monoisotopic (exact) mass is 218 g/mol. The van der Waals surface area contributed by atoms with Crippen molar-refractivity contribution in [2.45, 2.75) is 18.9 Å². The molecule has 0 fully saturated rings. The number of nitrogens with two attached hydrogens (primary N) is 2. The molecule has 0 aliphatic carbocycles. The molecular formula is C13H18N2O. The SMILES string of the molecule is NCCCC(N)C(=O)/C=C/c1ccccc1. The van der Waals surface area contributed by atoms with Crippen molar-refractivity contribution in [3.05, 3.63) is 42.0 Å². The molecule has 0 saturated heterocycles. The molecule has 0 heterocycles. The van der Waals surface area contributed by atoms with Crippen LogP contribution in [0.15, 0.2) is 36.4 Å². The van der Waals surface area contributed by atoms with Crippen molar-refractivity contribution in [2.24, 2.45) is 11.5 Å². The average Bonchev–Trinajstić information content (AvgIpc) is 2.34. The van der Waals surface area contributed by atoms with Crippen molar-refractivity contribution in [3.63, 3.8) is 0 Å². The summed E-state index contributed by atoms with van der Waals surface area (Å²) in [6, 6.07) is 9.25. The third kappa shape index (κ3) is 4.38. The van der Waals surface area contributed by atoms with Crippen LogP contribution in [0.4, 0.5) is 0 Å². The third-order valence-electron chi connectivity index (χ3n) is 2.32. The lowest BCUT2D eigenvalue weighted by Gasteiger charge is -2.05. The Hall–Kier alpha value is -1.45. The van der Waals surface area contributed by atoms with Crippen LogP contribution in [0.3, 0.4) is 0 Å². The van der Waals surface area contributed by atoms with Gasteiger partial charge in [-0.2, -0.15) is 0 Å². The quantitative estimate of drug-likeness (QED) is 0.708. The molecule has 0 bridgehead atoms. The van der Waals surface area contributed by atoms with Gasteiger partial charge in [-0.25, -0.2) is 0 Å². The number of hydrogen-bond donors (Lipinski definition) is 2. The fraction of sp³-hybridized carbons (Fsp3) is 0.308. The second-order valence-electron chi connectivity index (χ2n) is 3.68. The van der Waals surface area contributed by atoms with Gasteiger partial charge in [-0.1, -0.05) is 36.4 Å². The Morgan fingerprint density at radius 2 is 2.00 bits per heavy atom. The van der Waals surface area contributed by atoms with E-state index < -0.39 is 6.04 Å². The number of carbonyl (C=O) groups excluding carboxylic acids is 1. The molecule has 16 heavy (non-hydrogen) atoms. The van der Waals surface area contributed by atoms with Gasteiger partial charge in [0.2, 0.25) is 0 Å². The average molecular weight is 218 g/mol. The Balaban J connectivity index is 2.48. The maximum absolute atomic E-state index is 11.6. The van der Waals surface area contributed by atoms with Gasteiger partial charge in [-0.05, 0) is 31.0 Å². The van der Waals surface area contributed by atoms with Gasteiger partial charge >= 0.3 is 0 Å². The fourth-order valence-electron chi connectivity index (χ4n) is 1.35. The van der Waals surface area contributed by atoms with E-state index in [0.717, 1.165) is 12.0 Å². The Labute approximate surface area is 96.1 Å². The Bertz CT molecular complexity index is 346. The lowest BCUT2D eigenvalue weighted by molar-refractivity contribution is -0.115. The highest BCUT2D eigenvalue weighted by Gasteiger charge is 2.08. The molecule has 0 spiro atoms. The number of hydrogen-bond acceptors (Lipinski definition) is 3. The van der Waals surface area contributed by atoms with Crippen molar-refractivity contribution in [2.75, 3.05) is 6.54 Å². The Morgan fingerprint density at radius 3 is 2.62 bits per heavy atom. The summed E-state index contributed by atoms with van der Waals surface area (Å²) < 4.78 is 0. The van der Waals surface area contributed by atoms with Crippen molar-refractivity contribution < 1.29 is 4.79 Å². The minimum Gasteiger partial charge on any atom is -0.330 e. The maximum Gasteiger partial charge on any atom is 0.172 e. The molecule has 0 aromatic heterocycles. The molecule has 3 heteroatoms. The summed E-state index contributed by atoms with van der Waals surface area (Å²) in [5, 5.41) is 0. The first kappa shape index (κ1) is 12.6. The molecule has 1 unspecified atom stereocenters. The van der Waals surface area contributed by atoms with Crippen molar-refractivity contribution in [1.82, 2.24) is 0 Å². The predicted octanol–water partition coefficient (Wildman–Crippen LogP) is 1.34. The Morgan fingerprint density at radius 1 is 1.31 bits per heavy atom. The van der Waals surface area contributed by atoms with Gasteiger partial charge in [0, 0.05) is 0 Å². The summed E-state index contributed by atoms with van der Waals surface area (Å²) in [4.78, 5) is 11.6. The van der Waals surface area contributed by atoms with E-state index in [-0.39, 0.29) is 5.78 Å². The molecule has 4 N–H and O–H groups in total. The molecule has 3 nitrogen and oxygen atoms in total. The summed E-state index contributed by atoms with van der Waals surface area (Å²) in [6.45, 7) is 0.573. The second kappa shape index (κ2) is 6.93. The zero-order chi connectivity index (χ0) is 11.8. The molecule has 1 aromatic rings. The highest BCUT2D eigenvalue weighted by atomic mass is 16.1. The van der Waals surface area contributed by atoms with E-state index in [9.17, 15) is 4.79 Å². The molecule has 0 radical (unpaired) electrons. The number of benzene rings is 1. The van der Waals surface area contributed by atoms with E-state index >= 15 is 0 Å². The van der Waals surface area contributed by atoms with E-state index in [4.69, 9.17) is 11.5 Å². The van der Waals surface area contributed by atoms with E-state index in [0.29, 0.717) is 13.0 Å². The van der Waals surface area contributed by atoms with Gasteiger partial charge in [0.05, 0.1) is 6.04 Å². The molecule has 86 valence electrons. The first-order valence-electron chi connectivity index (χ1n) is 5.46. The van der Waals surface area contributed by atoms with Gasteiger partial charge in [0.25, 0.3) is 0 Å². The first-order valence-corrected chi connectivity index (χ1v) is 5.46. The first-order chi connectivity index (χ1) is 7.74. The van der Waals surface area contributed by atoms with Crippen LogP contribution >= 0.6 is 0 Å². The van der Waals surface area contributed by atoms with Crippen LogP contribution in [-0.2, 0) is 4.79 Å². The van der Waals surface area contributed by atoms with E-state index in [2.05, 4.69) is 0 Å². The molecular weight excluding hydrogens is 200 g/mol. The lowest BCUT2D eigenvalue weighted by atomic mass is 10.1. The third-order valence-corrected chi connectivity index (χ3v) is 2.32. The molecule has 1 rings (SSSR count). The minimum absolute atomic E-state index is 0.0442. The number of rotatable bonds is 6. The van der Waals surface area contributed by atoms with Gasteiger partial charge in [-0.15, -0.1) is 0 Å². The van der Waals surface area contributed by atoms with Crippen molar-refractivity contribution in [1.29, 1.82) is 0 Å². The summed E-state index contributed by atoms with van der Waals surface area (Å²) in [6.07, 6.45) is 4.75. The van der Waals surface area contributed by atoms with E-state index in [1.165, 1.54) is 6.08 Å². The van der Waals surface area contributed by atoms with Crippen LogP contribution in [-0.4, -0.2) is 18.4 Å². The van der Waals surface area contributed by atoms with Crippen molar-refractivity contribution in [3.8, 4) is 0 Å². The second-order valence-corrected chi connectivity index (χ2v) is 3.68. The summed E-state index contributed by atoms with van der Waals surface area (Å²) in [5.41, 5.74) is 12.1. The van der Waals surface area contributed by atoms with E-state index in [1.54, 1.807) is 6.08 Å². The zero-order valence-electron chi connectivity index (χ0n) is 9.30. The number of ketones is 1. The predicted molar refractivity (Wildman–Crippen MR) is 66.7 cm³/mol. The van der Waals surface area contributed by atoms with Gasteiger partial charge in [-0.3, -0.25) is 4.79 Å².